The van der Waals surface area contributed by atoms with Crippen LogP contribution in [-0.4, -0.2) is 74.7 Å². The number of hydrogen-bond acceptors (Lipinski definition) is 8. The summed E-state index contributed by atoms with van der Waals surface area (Å²) in [6, 6.07) is 0. The molecule has 3 rings (SSSR count). The normalized spacial score (nSPS) is 32.9. The van der Waals surface area contributed by atoms with Crippen LogP contribution in [0, 0.1) is 0 Å². The van der Waals surface area contributed by atoms with E-state index in [0.717, 1.165) is 0 Å². The van der Waals surface area contributed by atoms with E-state index in [2.05, 4.69) is 15.0 Å². The van der Waals surface area contributed by atoms with Crippen molar-refractivity contribution in [1.29, 1.82) is 0 Å². The predicted molar refractivity (Wildman–Crippen MR) is 73.3 cm³/mol. The molecule has 21 heavy (non-hydrogen) atoms. The molecule has 2 aromatic heterocycles. The first-order valence-corrected chi connectivity index (χ1v) is 8.76. The van der Waals surface area contributed by atoms with Crippen molar-refractivity contribution < 1.29 is 20.1 Å². The Labute approximate surface area is 125 Å². The summed E-state index contributed by atoms with van der Waals surface area (Å²) in [4.78, 5) is 12.2. The van der Waals surface area contributed by atoms with E-state index in [1.165, 1.54) is 12.7 Å². The first-order chi connectivity index (χ1) is 10.0. The second-order valence-electron chi connectivity index (χ2n) is 4.65. The van der Waals surface area contributed by atoms with Crippen molar-refractivity contribution in [1.82, 2.24) is 19.5 Å². The van der Waals surface area contributed by atoms with Gasteiger partial charge in [0.05, 0.1) is 0 Å². The van der Waals surface area contributed by atoms with E-state index in [1.807, 2.05) is 5.82 Å². The van der Waals surface area contributed by atoms with Gasteiger partial charge in [0.2, 0.25) is 0 Å². The molecule has 1 aliphatic heterocycles. The Morgan fingerprint density at radius 3 is 2.81 bits per heavy atom. The molecule has 9 nitrogen and oxygen atoms in total. The molecule has 1 aliphatic rings. The van der Waals surface area contributed by atoms with Crippen LogP contribution in [0.3, 0.4) is 0 Å². The number of ether oxygens (including phenoxy) is 1. The van der Waals surface area contributed by atoms with E-state index < -0.39 is 22.9 Å². The zero-order valence-electron chi connectivity index (χ0n) is 11.1. The Hall–Kier alpha value is -1.29. The SMILES string of the molecule is C[Se][C@@]1(n2cnc3c(N)ncnc32)O[C@H](CO)[C@@H](O)[C@H]1O. The third-order valence-corrected chi connectivity index (χ3v) is 5.92. The van der Waals surface area contributed by atoms with E-state index >= 15 is 0 Å². The fourth-order valence-corrected chi connectivity index (χ4v) is 4.42. The number of nitrogen functional groups attached to an aromatic ring is 1. The van der Waals surface area contributed by atoms with Gasteiger partial charge in [0.25, 0.3) is 0 Å². The molecule has 0 unspecified atom stereocenters. The number of aromatic nitrogens is 4. The summed E-state index contributed by atoms with van der Waals surface area (Å²) >= 11 is -0.273. The van der Waals surface area contributed by atoms with Crippen LogP contribution >= 0.6 is 0 Å². The first kappa shape index (κ1) is 14.6. The molecule has 0 bridgehead atoms. The molecule has 0 aromatic carbocycles. The van der Waals surface area contributed by atoms with Crippen molar-refractivity contribution in [2.75, 3.05) is 12.3 Å². The van der Waals surface area contributed by atoms with Crippen LogP contribution in [0.25, 0.3) is 11.2 Å². The van der Waals surface area contributed by atoms with Gasteiger partial charge in [0.15, 0.2) is 0 Å². The average Bonchev–Trinajstić information content (AvgIpc) is 3.03. The maximum absolute atomic E-state index is 10.4. The number of rotatable bonds is 3. The van der Waals surface area contributed by atoms with Crippen LogP contribution in [0.15, 0.2) is 12.7 Å². The van der Waals surface area contributed by atoms with E-state index in [-0.39, 0.29) is 27.4 Å². The zero-order valence-corrected chi connectivity index (χ0v) is 12.8. The van der Waals surface area contributed by atoms with Crippen LogP contribution in [-0.2, 0) is 9.36 Å². The second-order valence-corrected chi connectivity index (χ2v) is 6.74. The number of hydrogen-bond donors (Lipinski definition) is 4. The number of anilines is 1. The van der Waals surface area contributed by atoms with Gasteiger partial charge in [0, 0.05) is 0 Å². The monoisotopic (exact) mass is 361 g/mol. The quantitative estimate of drug-likeness (QED) is 0.456. The van der Waals surface area contributed by atoms with Gasteiger partial charge in [-0.3, -0.25) is 0 Å². The number of fused-ring (bicyclic) bond motifs is 1. The standard InChI is InChI=1S/C11H15N5O4Se/c1-21-11(8(19)7(18)5(2-17)20-11)16-4-15-6-9(12)13-3-14-10(6)16/h3-5,7-8,17-19H,2H2,1H3,(H2,12,13,14)/t5-,7-,8-,11+/m1/s1. The van der Waals surface area contributed by atoms with E-state index in [1.54, 1.807) is 4.57 Å². The van der Waals surface area contributed by atoms with Crippen LogP contribution in [0.4, 0.5) is 5.82 Å². The van der Waals surface area contributed by atoms with E-state index in [9.17, 15) is 15.3 Å². The summed E-state index contributed by atoms with van der Waals surface area (Å²) < 4.78 is 6.12. The molecule has 10 heteroatoms. The fourth-order valence-electron chi connectivity index (χ4n) is 2.47. The fraction of sp³-hybridized carbons (Fsp3) is 0.545. The van der Waals surface area contributed by atoms with Crippen LogP contribution in [0.1, 0.15) is 0 Å². The van der Waals surface area contributed by atoms with Crippen molar-refractivity contribution in [3.8, 4) is 0 Å². The van der Waals surface area contributed by atoms with Gasteiger partial charge in [0.1, 0.15) is 0 Å². The van der Waals surface area contributed by atoms with Gasteiger partial charge in [-0.1, -0.05) is 0 Å². The number of aliphatic hydroxyl groups is 3. The minimum atomic E-state index is -1.20. The Bertz CT molecular complexity index is 667. The third-order valence-electron chi connectivity index (χ3n) is 3.57. The molecule has 5 N–H and O–H groups in total. The first-order valence-electron chi connectivity index (χ1n) is 6.19. The van der Waals surface area contributed by atoms with Crippen LogP contribution in [0.5, 0.6) is 0 Å². The van der Waals surface area contributed by atoms with Crippen molar-refractivity contribution >= 4 is 31.9 Å². The van der Waals surface area contributed by atoms with Crippen LogP contribution < -0.4 is 5.73 Å². The molecule has 3 heterocycles. The number of aliphatic hydroxyl groups excluding tert-OH is 3. The van der Waals surface area contributed by atoms with Gasteiger partial charge in [-0.25, -0.2) is 0 Å². The zero-order chi connectivity index (χ0) is 15.2. The molecule has 0 amide bonds. The molecule has 114 valence electrons. The molecule has 0 spiro atoms. The van der Waals surface area contributed by atoms with E-state index in [0.29, 0.717) is 11.2 Å². The van der Waals surface area contributed by atoms with Crippen molar-refractivity contribution in [3.05, 3.63) is 12.7 Å². The van der Waals surface area contributed by atoms with Gasteiger partial charge >= 0.3 is 125 Å². The van der Waals surface area contributed by atoms with Crippen molar-refractivity contribution in [2.24, 2.45) is 0 Å². The Morgan fingerprint density at radius 2 is 2.19 bits per heavy atom. The van der Waals surface area contributed by atoms with Gasteiger partial charge < -0.3 is 0 Å². The average molecular weight is 360 g/mol. The Balaban J connectivity index is 2.17. The molecular weight excluding hydrogens is 345 g/mol. The Kier molecular flexibility index (Phi) is 3.60. The minimum absolute atomic E-state index is 0.226. The molecule has 2 aromatic rings. The van der Waals surface area contributed by atoms with E-state index in [4.69, 9.17) is 10.5 Å². The summed E-state index contributed by atoms with van der Waals surface area (Å²) in [5, 5.41) is 29.7. The number of imidazole rings is 1. The van der Waals surface area contributed by atoms with Crippen LogP contribution in [0.2, 0.25) is 5.82 Å². The summed E-state index contributed by atoms with van der Waals surface area (Å²) in [5.41, 5.74) is 6.57. The summed E-state index contributed by atoms with van der Waals surface area (Å²) in [6.07, 6.45) is -0.496. The maximum atomic E-state index is 10.4. The predicted octanol–water partition coefficient (Wildman–Crippen LogP) is -2.12. The van der Waals surface area contributed by atoms with Crippen molar-refractivity contribution in [3.63, 3.8) is 0 Å². The molecule has 1 saturated heterocycles. The number of nitrogens with two attached hydrogens (primary N) is 1. The summed E-state index contributed by atoms with van der Waals surface area (Å²) in [6.45, 7) is -0.389. The molecule has 0 aliphatic carbocycles. The molecular formula is C11H15N5O4Se. The third kappa shape index (κ3) is 1.95. The molecule has 4 atom stereocenters. The van der Waals surface area contributed by atoms with Gasteiger partial charge in [-0.15, -0.1) is 0 Å². The molecule has 0 saturated carbocycles. The Morgan fingerprint density at radius 1 is 1.43 bits per heavy atom. The molecule has 1 fully saturated rings. The van der Waals surface area contributed by atoms with Gasteiger partial charge in [-0.05, 0) is 0 Å². The van der Waals surface area contributed by atoms with Crippen molar-refractivity contribution in [2.45, 2.75) is 28.8 Å². The van der Waals surface area contributed by atoms with Gasteiger partial charge in [-0.2, -0.15) is 0 Å². The number of nitrogens with zero attached hydrogens (tertiary/aromatic N) is 4. The summed E-state index contributed by atoms with van der Waals surface area (Å²) in [5.74, 6) is 2.09. The second kappa shape index (κ2) is 5.16. The molecule has 0 radical (unpaired) electrons. The topological polar surface area (TPSA) is 140 Å². The summed E-state index contributed by atoms with van der Waals surface area (Å²) in [7, 11) is 0.